The summed E-state index contributed by atoms with van der Waals surface area (Å²) in [6.45, 7) is 5.00. The summed E-state index contributed by atoms with van der Waals surface area (Å²) in [5.74, 6) is 5.69. The third-order valence-electron chi connectivity index (χ3n) is 3.45. The van der Waals surface area contributed by atoms with Crippen molar-refractivity contribution in [3.05, 3.63) is 0 Å². The van der Waals surface area contributed by atoms with Gasteiger partial charge in [0.15, 0.2) is 0 Å². The molecule has 0 aromatic heterocycles. The van der Waals surface area contributed by atoms with Crippen LogP contribution in [0.5, 0.6) is 0 Å². The van der Waals surface area contributed by atoms with E-state index in [1.807, 2.05) is 6.92 Å². The van der Waals surface area contributed by atoms with Crippen LogP contribution in [0.2, 0.25) is 0 Å². The molecule has 3 N–H and O–H groups in total. The molecule has 102 valence electrons. The number of methoxy groups -OCH3 is 1. The summed E-state index contributed by atoms with van der Waals surface area (Å²) in [6, 6.07) is 0.168. The summed E-state index contributed by atoms with van der Waals surface area (Å²) in [4.78, 5) is 0. The van der Waals surface area contributed by atoms with Gasteiger partial charge in [-0.15, -0.1) is 0 Å². The van der Waals surface area contributed by atoms with Crippen molar-refractivity contribution < 1.29 is 14.2 Å². The smallest absolute Gasteiger partial charge is 0.0891 e. The Balaban J connectivity index is 2.57. The third kappa shape index (κ3) is 4.19. The zero-order valence-electron chi connectivity index (χ0n) is 11.0. The standard InChI is InChI=1S/C12H26N2O3/c1-3-17-12(6-9-16-10-7-12)11(14-13)5-4-8-15-2/h11,14H,3-10,13H2,1-2H3. The van der Waals surface area contributed by atoms with Crippen molar-refractivity contribution in [1.82, 2.24) is 5.43 Å². The highest BCUT2D eigenvalue weighted by atomic mass is 16.5. The number of hydrogen-bond donors (Lipinski definition) is 2. The van der Waals surface area contributed by atoms with Crippen LogP contribution in [0, 0.1) is 0 Å². The lowest BCUT2D eigenvalue weighted by Crippen LogP contribution is -2.57. The van der Waals surface area contributed by atoms with Gasteiger partial charge in [0, 0.05) is 46.4 Å². The Morgan fingerprint density at radius 3 is 2.65 bits per heavy atom. The maximum Gasteiger partial charge on any atom is 0.0891 e. The highest BCUT2D eigenvalue weighted by Crippen LogP contribution is 2.30. The second-order valence-electron chi connectivity index (χ2n) is 4.46. The van der Waals surface area contributed by atoms with Crippen molar-refractivity contribution in [2.45, 2.75) is 44.2 Å². The van der Waals surface area contributed by atoms with E-state index in [-0.39, 0.29) is 11.6 Å². The van der Waals surface area contributed by atoms with E-state index in [0.29, 0.717) is 6.61 Å². The first-order valence-electron chi connectivity index (χ1n) is 6.46. The molecule has 0 amide bonds. The summed E-state index contributed by atoms with van der Waals surface area (Å²) in [5.41, 5.74) is 2.75. The quantitative estimate of drug-likeness (QED) is 0.377. The van der Waals surface area contributed by atoms with Crippen LogP contribution in [0.25, 0.3) is 0 Å². The highest BCUT2D eigenvalue weighted by molar-refractivity contribution is 4.94. The van der Waals surface area contributed by atoms with Crippen LogP contribution in [0.1, 0.15) is 32.6 Å². The van der Waals surface area contributed by atoms with E-state index >= 15 is 0 Å². The Labute approximate surface area is 104 Å². The monoisotopic (exact) mass is 246 g/mol. The largest absolute Gasteiger partial charge is 0.385 e. The molecule has 0 aromatic carbocycles. The summed E-state index contributed by atoms with van der Waals surface area (Å²) in [7, 11) is 1.72. The molecule has 5 heteroatoms. The van der Waals surface area contributed by atoms with Gasteiger partial charge in [-0.1, -0.05) is 0 Å². The molecule has 1 aliphatic rings. The number of nitrogens with one attached hydrogen (secondary N) is 1. The second-order valence-corrected chi connectivity index (χ2v) is 4.46. The van der Waals surface area contributed by atoms with Gasteiger partial charge < -0.3 is 14.2 Å². The SMILES string of the molecule is CCOC1(C(CCCOC)NN)CCOCC1. The Bertz CT molecular complexity index is 191. The Morgan fingerprint density at radius 2 is 2.12 bits per heavy atom. The summed E-state index contributed by atoms with van der Waals surface area (Å²) >= 11 is 0. The van der Waals surface area contributed by atoms with Crippen LogP contribution in [-0.2, 0) is 14.2 Å². The predicted octanol–water partition coefficient (Wildman–Crippen LogP) is 0.831. The van der Waals surface area contributed by atoms with Gasteiger partial charge in [-0.2, -0.15) is 0 Å². The zero-order valence-corrected chi connectivity index (χ0v) is 11.0. The lowest BCUT2D eigenvalue weighted by atomic mass is 9.84. The fraction of sp³-hybridized carbons (Fsp3) is 1.00. The first kappa shape index (κ1) is 14.9. The fourth-order valence-electron chi connectivity index (χ4n) is 2.53. The van der Waals surface area contributed by atoms with Gasteiger partial charge in [0.05, 0.1) is 11.6 Å². The Kier molecular flexibility index (Phi) is 6.99. The minimum Gasteiger partial charge on any atom is -0.385 e. The van der Waals surface area contributed by atoms with Gasteiger partial charge in [0.25, 0.3) is 0 Å². The molecule has 5 nitrogen and oxygen atoms in total. The first-order chi connectivity index (χ1) is 8.29. The summed E-state index contributed by atoms with van der Waals surface area (Å²) < 4.78 is 16.5. The summed E-state index contributed by atoms with van der Waals surface area (Å²) in [6.07, 6.45) is 3.76. The molecule has 1 heterocycles. The topological polar surface area (TPSA) is 65.7 Å². The van der Waals surface area contributed by atoms with Gasteiger partial charge in [0.1, 0.15) is 0 Å². The van der Waals surface area contributed by atoms with E-state index < -0.39 is 0 Å². The summed E-state index contributed by atoms with van der Waals surface area (Å²) in [5, 5.41) is 0. The normalized spacial score (nSPS) is 21.4. The van der Waals surface area contributed by atoms with Crippen LogP contribution < -0.4 is 11.3 Å². The number of hydrazine groups is 1. The molecule has 1 unspecified atom stereocenters. The van der Waals surface area contributed by atoms with Crippen molar-refractivity contribution in [3.8, 4) is 0 Å². The van der Waals surface area contributed by atoms with E-state index in [2.05, 4.69) is 5.43 Å². The predicted molar refractivity (Wildman–Crippen MR) is 66.6 cm³/mol. The van der Waals surface area contributed by atoms with Gasteiger partial charge in [-0.25, -0.2) is 0 Å². The fourth-order valence-corrected chi connectivity index (χ4v) is 2.53. The molecule has 1 rings (SSSR count). The molecule has 0 saturated carbocycles. The van der Waals surface area contributed by atoms with Gasteiger partial charge in [-0.05, 0) is 19.8 Å². The van der Waals surface area contributed by atoms with Crippen LogP contribution in [0.4, 0.5) is 0 Å². The van der Waals surface area contributed by atoms with E-state index in [9.17, 15) is 0 Å². The lowest BCUT2D eigenvalue weighted by molar-refractivity contribution is -0.128. The number of rotatable bonds is 8. The minimum absolute atomic E-state index is 0.168. The molecule has 0 bridgehead atoms. The molecule has 1 fully saturated rings. The Morgan fingerprint density at radius 1 is 1.41 bits per heavy atom. The van der Waals surface area contributed by atoms with E-state index in [1.54, 1.807) is 7.11 Å². The van der Waals surface area contributed by atoms with Gasteiger partial charge in [0.2, 0.25) is 0 Å². The molecule has 17 heavy (non-hydrogen) atoms. The molecule has 1 aliphatic heterocycles. The van der Waals surface area contributed by atoms with Crippen LogP contribution in [0.15, 0.2) is 0 Å². The van der Waals surface area contributed by atoms with Gasteiger partial charge in [-0.3, -0.25) is 11.3 Å². The van der Waals surface area contributed by atoms with E-state index in [1.165, 1.54) is 0 Å². The molecular weight excluding hydrogens is 220 g/mol. The molecule has 0 radical (unpaired) electrons. The second kappa shape index (κ2) is 8.00. The molecule has 0 aromatic rings. The van der Waals surface area contributed by atoms with Crippen LogP contribution in [-0.4, -0.2) is 45.2 Å². The molecule has 1 atom stereocenters. The van der Waals surface area contributed by atoms with Crippen molar-refractivity contribution in [2.75, 3.05) is 33.5 Å². The van der Waals surface area contributed by atoms with E-state index in [4.69, 9.17) is 20.1 Å². The van der Waals surface area contributed by atoms with Crippen LogP contribution >= 0.6 is 0 Å². The van der Waals surface area contributed by atoms with Gasteiger partial charge >= 0.3 is 0 Å². The molecule has 1 saturated heterocycles. The molecule has 0 spiro atoms. The number of hydrogen-bond acceptors (Lipinski definition) is 5. The maximum absolute atomic E-state index is 5.99. The van der Waals surface area contributed by atoms with Crippen molar-refractivity contribution in [1.29, 1.82) is 0 Å². The third-order valence-corrected chi connectivity index (χ3v) is 3.45. The minimum atomic E-state index is -0.171. The van der Waals surface area contributed by atoms with Crippen molar-refractivity contribution in [2.24, 2.45) is 5.84 Å². The number of nitrogens with two attached hydrogens (primary N) is 1. The zero-order chi connectivity index (χ0) is 12.6. The average Bonchev–Trinajstić information content (AvgIpc) is 2.36. The first-order valence-corrected chi connectivity index (χ1v) is 6.46. The van der Waals surface area contributed by atoms with Crippen molar-refractivity contribution in [3.63, 3.8) is 0 Å². The van der Waals surface area contributed by atoms with E-state index in [0.717, 1.165) is 45.5 Å². The van der Waals surface area contributed by atoms with Crippen LogP contribution in [0.3, 0.4) is 0 Å². The molecular formula is C12H26N2O3. The lowest BCUT2D eigenvalue weighted by Gasteiger charge is -2.42. The molecule has 0 aliphatic carbocycles. The Hall–Kier alpha value is -0.200. The average molecular weight is 246 g/mol. The van der Waals surface area contributed by atoms with Crippen molar-refractivity contribution >= 4 is 0 Å². The number of ether oxygens (including phenoxy) is 3. The highest BCUT2D eigenvalue weighted by Gasteiger charge is 2.40. The maximum atomic E-state index is 5.99.